The van der Waals surface area contributed by atoms with Crippen LogP contribution < -0.4 is 16.2 Å². The highest BCUT2D eigenvalue weighted by Crippen LogP contribution is 2.34. The third kappa shape index (κ3) is 5.22. The molecule has 1 amide bonds. The number of hydrogen-bond acceptors (Lipinski definition) is 6. The van der Waals surface area contributed by atoms with Crippen molar-refractivity contribution in [3.63, 3.8) is 0 Å². The number of nitrogens with zero attached hydrogens (tertiary/aromatic N) is 1. The van der Waals surface area contributed by atoms with Gasteiger partial charge < -0.3 is 15.6 Å². The molecule has 0 atom stereocenters. The summed E-state index contributed by atoms with van der Waals surface area (Å²) in [5.41, 5.74) is 1.20. The van der Waals surface area contributed by atoms with E-state index in [1.54, 1.807) is 23.1 Å². The summed E-state index contributed by atoms with van der Waals surface area (Å²) in [6.07, 6.45) is 3.70. The number of aromatic nitrogens is 2. The quantitative estimate of drug-likeness (QED) is 0.546. The zero-order valence-corrected chi connectivity index (χ0v) is 17.3. The molecule has 1 aliphatic carbocycles. The first-order valence-corrected chi connectivity index (χ1v) is 10.7. The monoisotopic (exact) mass is 416 g/mol. The molecule has 2 aromatic rings. The Labute approximate surface area is 167 Å². The van der Waals surface area contributed by atoms with Gasteiger partial charge in [0.05, 0.1) is 11.1 Å². The Morgan fingerprint density at radius 3 is 3.00 bits per heavy atom. The summed E-state index contributed by atoms with van der Waals surface area (Å²) in [4.78, 5) is 33.8. The van der Waals surface area contributed by atoms with E-state index in [2.05, 4.69) is 20.6 Å². The van der Waals surface area contributed by atoms with Gasteiger partial charge in [-0.05, 0) is 31.4 Å². The Morgan fingerprint density at radius 1 is 1.35 bits per heavy atom. The Hall–Kier alpha value is -1.09. The summed E-state index contributed by atoms with van der Waals surface area (Å²) in [6.45, 7) is 4.41. The normalized spacial score (nSPS) is 12.8. The number of fused-ring (bicyclic) bond motifs is 3. The molecule has 6 nitrogen and oxygen atoms in total. The molecule has 2 aromatic heterocycles. The Morgan fingerprint density at radius 2 is 2.19 bits per heavy atom. The van der Waals surface area contributed by atoms with Crippen LogP contribution in [0, 0.1) is 0 Å². The lowest BCUT2D eigenvalue weighted by Crippen LogP contribution is -2.31. The number of aryl methyl sites for hydroxylation is 2. The number of aromatic amines is 1. The second-order valence-corrected chi connectivity index (χ2v) is 8.25. The first kappa shape index (κ1) is 21.2. The molecule has 2 heterocycles. The molecule has 3 rings (SSSR count). The molecule has 3 N–H and O–H groups in total. The van der Waals surface area contributed by atoms with E-state index in [0.717, 1.165) is 48.3 Å². The Balaban J connectivity index is 0.00000243. The van der Waals surface area contributed by atoms with Crippen LogP contribution in [-0.2, 0) is 23.4 Å². The fourth-order valence-corrected chi connectivity index (χ4v) is 5.09. The summed E-state index contributed by atoms with van der Waals surface area (Å²) in [5.74, 6) is 2.11. The largest absolute Gasteiger partial charge is 0.355 e. The summed E-state index contributed by atoms with van der Waals surface area (Å²) < 4.78 is 0. The van der Waals surface area contributed by atoms with E-state index in [1.165, 1.54) is 10.4 Å². The number of thiophene rings is 1. The van der Waals surface area contributed by atoms with Gasteiger partial charge in [-0.15, -0.1) is 23.7 Å². The minimum absolute atomic E-state index is 0. The van der Waals surface area contributed by atoms with Gasteiger partial charge in [0.1, 0.15) is 10.7 Å². The topological polar surface area (TPSA) is 86.9 Å². The molecule has 0 radical (unpaired) electrons. The number of halogens is 1. The first-order chi connectivity index (χ1) is 12.2. The molecular formula is C17H25ClN4O2S2. The van der Waals surface area contributed by atoms with Crippen LogP contribution in [0.1, 0.15) is 36.0 Å². The van der Waals surface area contributed by atoms with Crippen molar-refractivity contribution in [2.45, 2.75) is 38.4 Å². The number of likely N-dealkylation sites (N-methyl/N-ethyl adjacent to an activating group) is 1. The van der Waals surface area contributed by atoms with Gasteiger partial charge in [-0.2, -0.15) is 11.8 Å². The molecule has 0 fully saturated rings. The maximum Gasteiger partial charge on any atom is 0.259 e. The fraction of sp³-hybridized carbons (Fsp3) is 0.588. The highest BCUT2D eigenvalue weighted by atomic mass is 35.5. The van der Waals surface area contributed by atoms with Crippen LogP contribution in [0.5, 0.6) is 0 Å². The van der Waals surface area contributed by atoms with E-state index in [9.17, 15) is 9.59 Å². The molecule has 26 heavy (non-hydrogen) atoms. The van der Waals surface area contributed by atoms with Crippen LogP contribution in [0.15, 0.2) is 4.79 Å². The van der Waals surface area contributed by atoms with E-state index in [1.807, 2.05) is 6.92 Å². The molecule has 0 saturated heterocycles. The van der Waals surface area contributed by atoms with Crippen molar-refractivity contribution in [3.05, 3.63) is 26.6 Å². The van der Waals surface area contributed by atoms with Gasteiger partial charge in [-0.1, -0.05) is 6.92 Å². The maximum atomic E-state index is 12.4. The second kappa shape index (κ2) is 10.3. The van der Waals surface area contributed by atoms with E-state index in [4.69, 9.17) is 0 Å². The Bertz CT molecular complexity index is 806. The molecule has 0 unspecified atom stereocenters. The second-order valence-electron chi connectivity index (χ2n) is 6.06. The van der Waals surface area contributed by atoms with Gasteiger partial charge in [0, 0.05) is 30.1 Å². The molecule has 9 heteroatoms. The first-order valence-electron chi connectivity index (χ1n) is 8.77. The van der Waals surface area contributed by atoms with Gasteiger partial charge >= 0.3 is 0 Å². The van der Waals surface area contributed by atoms with Crippen LogP contribution in [0.2, 0.25) is 0 Å². The van der Waals surface area contributed by atoms with Crippen molar-refractivity contribution in [1.29, 1.82) is 0 Å². The average Bonchev–Trinajstić information content (AvgIpc) is 3.16. The number of carbonyl (C=O) groups excluding carboxylic acids is 1. The van der Waals surface area contributed by atoms with Crippen LogP contribution in [0.3, 0.4) is 0 Å². The van der Waals surface area contributed by atoms with Crippen molar-refractivity contribution in [2.75, 3.05) is 25.4 Å². The lowest BCUT2D eigenvalue weighted by molar-refractivity contribution is -0.120. The van der Waals surface area contributed by atoms with E-state index in [-0.39, 0.29) is 23.9 Å². The number of thioether (sulfide) groups is 1. The molecule has 0 spiro atoms. The number of nitrogens with one attached hydrogen (secondary N) is 3. The number of amides is 1. The predicted molar refractivity (Wildman–Crippen MR) is 112 cm³/mol. The molecule has 144 valence electrons. The smallest absolute Gasteiger partial charge is 0.259 e. The number of rotatable bonds is 9. The van der Waals surface area contributed by atoms with Crippen molar-refractivity contribution in [2.24, 2.45) is 0 Å². The maximum absolute atomic E-state index is 12.4. The lowest BCUT2D eigenvalue weighted by atomic mass is 10.2. The highest BCUT2D eigenvalue weighted by Gasteiger charge is 2.20. The predicted octanol–water partition coefficient (Wildman–Crippen LogP) is 2.24. The van der Waals surface area contributed by atoms with Gasteiger partial charge in [0.15, 0.2) is 0 Å². The molecular weight excluding hydrogens is 392 g/mol. The fourth-order valence-electron chi connectivity index (χ4n) is 3.00. The SMILES string of the molecule is CCNCCNC(=O)CCSCc1nc2sc3c(c2c(=O)[nH]1)CCC3.Cl. The Kier molecular flexibility index (Phi) is 8.40. The van der Waals surface area contributed by atoms with E-state index < -0.39 is 0 Å². The van der Waals surface area contributed by atoms with Gasteiger partial charge in [-0.25, -0.2) is 4.98 Å². The van der Waals surface area contributed by atoms with Crippen LogP contribution in [-0.4, -0.2) is 41.3 Å². The average molecular weight is 417 g/mol. The van der Waals surface area contributed by atoms with Crippen LogP contribution in [0.4, 0.5) is 0 Å². The van der Waals surface area contributed by atoms with Crippen molar-refractivity contribution in [3.8, 4) is 0 Å². The molecule has 0 aliphatic heterocycles. The molecule has 0 bridgehead atoms. The molecule has 0 saturated carbocycles. The van der Waals surface area contributed by atoms with Crippen molar-refractivity contribution >= 4 is 51.6 Å². The van der Waals surface area contributed by atoms with Crippen LogP contribution >= 0.6 is 35.5 Å². The molecule has 1 aliphatic rings. The van der Waals surface area contributed by atoms with Crippen molar-refractivity contribution in [1.82, 2.24) is 20.6 Å². The van der Waals surface area contributed by atoms with Crippen LogP contribution in [0.25, 0.3) is 10.2 Å². The van der Waals surface area contributed by atoms with Crippen molar-refractivity contribution < 1.29 is 4.79 Å². The zero-order chi connectivity index (χ0) is 17.6. The number of carbonyl (C=O) groups is 1. The summed E-state index contributed by atoms with van der Waals surface area (Å²) in [6, 6.07) is 0. The zero-order valence-electron chi connectivity index (χ0n) is 14.9. The highest BCUT2D eigenvalue weighted by molar-refractivity contribution is 7.98. The number of hydrogen-bond donors (Lipinski definition) is 3. The standard InChI is InChI=1S/C17H24N4O2S2.ClH/c1-2-18-7-8-19-14(22)6-9-24-10-13-20-16(23)15-11-4-3-5-12(11)25-17(15)21-13;/h18H,2-10H2,1H3,(H,19,22)(H,20,21,23);1H. The number of H-pyrrole nitrogens is 1. The minimum atomic E-state index is -0.0128. The third-order valence-electron chi connectivity index (χ3n) is 4.21. The minimum Gasteiger partial charge on any atom is -0.355 e. The van der Waals surface area contributed by atoms with Gasteiger partial charge in [-0.3, -0.25) is 9.59 Å². The summed E-state index contributed by atoms with van der Waals surface area (Å²) >= 11 is 3.28. The third-order valence-corrected chi connectivity index (χ3v) is 6.37. The molecule has 0 aromatic carbocycles. The van der Waals surface area contributed by atoms with E-state index in [0.29, 0.717) is 24.5 Å². The lowest BCUT2D eigenvalue weighted by Gasteiger charge is -2.05. The summed E-state index contributed by atoms with van der Waals surface area (Å²) in [7, 11) is 0. The summed E-state index contributed by atoms with van der Waals surface area (Å²) in [5, 5.41) is 6.85. The van der Waals surface area contributed by atoms with Gasteiger partial charge in [0.25, 0.3) is 5.56 Å². The van der Waals surface area contributed by atoms with E-state index >= 15 is 0 Å². The van der Waals surface area contributed by atoms with Gasteiger partial charge in [0.2, 0.25) is 5.91 Å².